The van der Waals surface area contributed by atoms with Crippen molar-refractivity contribution in [2.45, 2.75) is 43.9 Å². The predicted octanol–water partition coefficient (Wildman–Crippen LogP) is 1.72. The molecule has 0 saturated heterocycles. The molecule has 1 fully saturated rings. The fourth-order valence-electron chi connectivity index (χ4n) is 2.53. The Hall–Kier alpha value is -1.40. The number of nitrogens with two attached hydrogens (primary N) is 1. The summed E-state index contributed by atoms with van der Waals surface area (Å²) in [5.41, 5.74) is 6.85. The van der Waals surface area contributed by atoms with Gasteiger partial charge in [0.15, 0.2) is 0 Å². The van der Waals surface area contributed by atoms with Crippen LogP contribution in [-0.2, 0) is 16.6 Å². The van der Waals surface area contributed by atoms with Gasteiger partial charge < -0.3 is 5.73 Å². The summed E-state index contributed by atoms with van der Waals surface area (Å²) >= 11 is 0. The van der Waals surface area contributed by atoms with Gasteiger partial charge in [-0.05, 0) is 24.5 Å². The van der Waals surface area contributed by atoms with E-state index in [1.54, 1.807) is 18.2 Å². The Labute approximate surface area is 120 Å². The SMILES string of the molecule is N=C(N)c1cccc(CNS(=O)(=O)C2CCCCC2)c1. The molecule has 0 spiro atoms. The Morgan fingerprint density at radius 1 is 1.30 bits per heavy atom. The van der Waals surface area contributed by atoms with Crippen LogP contribution < -0.4 is 10.5 Å². The molecule has 0 unspecified atom stereocenters. The quantitative estimate of drug-likeness (QED) is 0.570. The molecule has 4 N–H and O–H groups in total. The second-order valence-electron chi connectivity index (χ2n) is 5.24. The van der Waals surface area contributed by atoms with Gasteiger partial charge in [-0.3, -0.25) is 5.41 Å². The van der Waals surface area contributed by atoms with E-state index in [2.05, 4.69) is 4.72 Å². The number of benzene rings is 1. The topological polar surface area (TPSA) is 96.0 Å². The second kappa shape index (κ2) is 6.37. The number of nitrogen functional groups attached to an aromatic ring is 1. The van der Waals surface area contributed by atoms with Crippen LogP contribution >= 0.6 is 0 Å². The molecule has 0 aromatic heterocycles. The van der Waals surface area contributed by atoms with E-state index < -0.39 is 10.0 Å². The van der Waals surface area contributed by atoms with Gasteiger partial charge in [0.2, 0.25) is 10.0 Å². The Morgan fingerprint density at radius 3 is 2.65 bits per heavy atom. The normalized spacial score (nSPS) is 17.0. The maximum Gasteiger partial charge on any atom is 0.214 e. The van der Waals surface area contributed by atoms with Crippen LogP contribution in [0.1, 0.15) is 43.2 Å². The van der Waals surface area contributed by atoms with E-state index in [1.165, 1.54) is 0 Å². The lowest BCUT2D eigenvalue weighted by molar-refractivity contribution is 0.477. The van der Waals surface area contributed by atoms with E-state index in [4.69, 9.17) is 11.1 Å². The monoisotopic (exact) mass is 295 g/mol. The minimum absolute atomic E-state index is 0.0120. The van der Waals surface area contributed by atoms with Crippen molar-refractivity contribution < 1.29 is 8.42 Å². The summed E-state index contributed by atoms with van der Waals surface area (Å²) < 4.78 is 27.1. The van der Waals surface area contributed by atoms with Crippen LogP contribution in [0.25, 0.3) is 0 Å². The van der Waals surface area contributed by atoms with Crippen LogP contribution in [0.2, 0.25) is 0 Å². The molecule has 1 aromatic rings. The molecule has 1 aliphatic rings. The molecule has 0 atom stereocenters. The molecule has 110 valence electrons. The van der Waals surface area contributed by atoms with Gasteiger partial charge in [-0.15, -0.1) is 0 Å². The molecule has 2 rings (SSSR count). The molecule has 0 radical (unpaired) electrons. The van der Waals surface area contributed by atoms with Crippen LogP contribution in [0, 0.1) is 5.41 Å². The molecule has 0 bridgehead atoms. The van der Waals surface area contributed by atoms with E-state index in [0.29, 0.717) is 5.56 Å². The van der Waals surface area contributed by atoms with Crippen LogP contribution in [0.3, 0.4) is 0 Å². The van der Waals surface area contributed by atoms with Gasteiger partial charge in [-0.25, -0.2) is 13.1 Å². The maximum absolute atomic E-state index is 12.2. The maximum atomic E-state index is 12.2. The Morgan fingerprint density at radius 2 is 2.00 bits per heavy atom. The van der Waals surface area contributed by atoms with Crippen molar-refractivity contribution in [3.63, 3.8) is 0 Å². The summed E-state index contributed by atoms with van der Waals surface area (Å²) in [6.07, 6.45) is 4.62. The Balaban J connectivity index is 2.00. The van der Waals surface area contributed by atoms with E-state index in [9.17, 15) is 8.42 Å². The van der Waals surface area contributed by atoms with Gasteiger partial charge in [-0.1, -0.05) is 37.5 Å². The highest BCUT2D eigenvalue weighted by molar-refractivity contribution is 7.90. The molecule has 1 aliphatic carbocycles. The highest BCUT2D eigenvalue weighted by atomic mass is 32.2. The summed E-state index contributed by atoms with van der Waals surface area (Å²) in [4.78, 5) is 0. The summed E-state index contributed by atoms with van der Waals surface area (Å²) in [7, 11) is -3.25. The minimum Gasteiger partial charge on any atom is -0.384 e. The second-order valence-corrected chi connectivity index (χ2v) is 7.29. The molecule has 6 heteroatoms. The molecule has 1 saturated carbocycles. The van der Waals surface area contributed by atoms with E-state index in [1.807, 2.05) is 6.07 Å². The highest BCUT2D eigenvalue weighted by Gasteiger charge is 2.26. The smallest absolute Gasteiger partial charge is 0.214 e. The van der Waals surface area contributed by atoms with Gasteiger partial charge >= 0.3 is 0 Å². The molecule has 0 heterocycles. The Kier molecular flexibility index (Phi) is 4.77. The van der Waals surface area contributed by atoms with Gasteiger partial charge in [0.1, 0.15) is 5.84 Å². The predicted molar refractivity (Wildman–Crippen MR) is 80.1 cm³/mol. The third-order valence-electron chi connectivity index (χ3n) is 3.71. The zero-order valence-electron chi connectivity index (χ0n) is 11.4. The van der Waals surface area contributed by atoms with Crippen molar-refractivity contribution >= 4 is 15.9 Å². The fourth-order valence-corrected chi connectivity index (χ4v) is 4.08. The van der Waals surface area contributed by atoms with Crippen LogP contribution in [0.5, 0.6) is 0 Å². The van der Waals surface area contributed by atoms with Crippen LogP contribution in [0.15, 0.2) is 24.3 Å². The number of amidine groups is 1. The number of hydrogen-bond acceptors (Lipinski definition) is 3. The highest BCUT2D eigenvalue weighted by Crippen LogP contribution is 2.23. The zero-order valence-corrected chi connectivity index (χ0v) is 12.2. The zero-order chi connectivity index (χ0) is 14.6. The first-order chi connectivity index (χ1) is 9.49. The van der Waals surface area contributed by atoms with Gasteiger partial charge in [0, 0.05) is 12.1 Å². The molecule has 5 nitrogen and oxygen atoms in total. The number of nitrogens with one attached hydrogen (secondary N) is 2. The van der Waals surface area contributed by atoms with E-state index in [0.717, 1.165) is 37.7 Å². The van der Waals surface area contributed by atoms with Gasteiger partial charge in [0.05, 0.1) is 5.25 Å². The fraction of sp³-hybridized carbons (Fsp3) is 0.500. The molecule has 0 aliphatic heterocycles. The summed E-state index contributed by atoms with van der Waals surface area (Å²) in [6.45, 7) is 0.250. The average Bonchev–Trinajstić information content (AvgIpc) is 2.46. The third kappa shape index (κ3) is 3.80. The Bertz CT molecular complexity index is 578. The van der Waals surface area contributed by atoms with Crippen molar-refractivity contribution in [3.05, 3.63) is 35.4 Å². The van der Waals surface area contributed by atoms with Gasteiger partial charge in [-0.2, -0.15) is 0 Å². The standard InChI is InChI=1S/C14H21N3O2S/c15-14(16)12-6-4-5-11(9-12)10-17-20(18,19)13-7-2-1-3-8-13/h4-6,9,13,17H,1-3,7-8,10H2,(H3,15,16). The van der Waals surface area contributed by atoms with Crippen molar-refractivity contribution in [2.75, 3.05) is 0 Å². The largest absolute Gasteiger partial charge is 0.384 e. The van der Waals surface area contributed by atoms with Crippen LogP contribution in [-0.4, -0.2) is 19.5 Å². The van der Waals surface area contributed by atoms with Gasteiger partial charge in [0.25, 0.3) is 0 Å². The number of hydrogen-bond donors (Lipinski definition) is 3. The third-order valence-corrected chi connectivity index (χ3v) is 5.60. The first-order valence-electron chi connectivity index (χ1n) is 6.91. The van der Waals surface area contributed by atoms with Crippen LogP contribution in [0.4, 0.5) is 0 Å². The van der Waals surface area contributed by atoms with Crippen molar-refractivity contribution in [3.8, 4) is 0 Å². The lowest BCUT2D eigenvalue weighted by atomic mass is 10.0. The van der Waals surface area contributed by atoms with Crippen molar-refractivity contribution in [1.29, 1.82) is 5.41 Å². The first-order valence-corrected chi connectivity index (χ1v) is 8.45. The molecule has 20 heavy (non-hydrogen) atoms. The van der Waals surface area contributed by atoms with E-state index in [-0.39, 0.29) is 17.6 Å². The average molecular weight is 295 g/mol. The molecule has 0 amide bonds. The number of rotatable bonds is 5. The molecular weight excluding hydrogens is 274 g/mol. The van der Waals surface area contributed by atoms with E-state index >= 15 is 0 Å². The summed E-state index contributed by atoms with van der Waals surface area (Å²) in [5, 5.41) is 7.13. The molecular formula is C14H21N3O2S. The first kappa shape index (κ1) is 15.0. The summed E-state index contributed by atoms with van der Waals surface area (Å²) in [6, 6.07) is 7.09. The summed E-state index contributed by atoms with van der Waals surface area (Å²) in [5.74, 6) is -0.0120. The minimum atomic E-state index is -3.25. The van der Waals surface area contributed by atoms with Crippen molar-refractivity contribution in [2.24, 2.45) is 5.73 Å². The lowest BCUT2D eigenvalue weighted by Crippen LogP contribution is -2.35. The van der Waals surface area contributed by atoms with Crippen molar-refractivity contribution in [1.82, 2.24) is 4.72 Å². The molecule has 1 aromatic carbocycles. The lowest BCUT2D eigenvalue weighted by Gasteiger charge is -2.22. The number of sulfonamides is 1.